The lowest BCUT2D eigenvalue weighted by Gasteiger charge is -2.44. The fraction of sp³-hybridized carbons (Fsp3) is 0.184. The minimum Gasteiger partial charge on any atom is -0.391 e. The van der Waals surface area contributed by atoms with Gasteiger partial charge in [-0.15, -0.1) is 0 Å². The Balaban J connectivity index is 1.39. The van der Waals surface area contributed by atoms with Crippen molar-refractivity contribution in [1.29, 1.82) is 0 Å². The zero-order chi connectivity index (χ0) is 29.7. The molecule has 2 saturated carbocycles. The number of fused-ring (bicyclic) bond motifs is 5. The monoisotopic (exact) mass is 613 g/mol. The summed E-state index contributed by atoms with van der Waals surface area (Å²) < 4.78 is 32.6. The Labute approximate surface area is 258 Å². The highest BCUT2D eigenvalue weighted by molar-refractivity contribution is 7.83. The molecule has 8 rings (SSSR count). The molecule has 2 bridgehead atoms. The average molecular weight is 614 g/mol. The van der Waals surface area contributed by atoms with E-state index in [1.165, 1.54) is 0 Å². The molecule has 3 aliphatic rings. The van der Waals surface area contributed by atoms with Crippen LogP contribution in [-0.4, -0.2) is 23.1 Å². The summed E-state index contributed by atoms with van der Waals surface area (Å²) in [4.78, 5) is 6.32. The summed E-state index contributed by atoms with van der Waals surface area (Å²) in [6.07, 6.45) is 0.585. The molecule has 0 amide bonds. The molecule has 0 saturated heterocycles. The van der Waals surface area contributed by atoms with Gasteiger partial charge in [0.1, 0.15) is 20.4 Å². The normalized spacial score (nSPS) is 25.7. The lowest BCUT2D eigenvalue weighted by Crippen LogP contribution is -2.50. The highest BCUT2D eigenvalue weighted by Gasteiger charge is 2.70. The van der Waals surface area contributed by atoms with Crippen LogP contribution in [0.4, 0.5) is 0 Å². The molecule has 44 heavy (non-hydrogen) atoms. The molecule has 0 spiro atoms. The van der Waals surface area contributed by atoms with Crippen molar-refractivity contribution in [2.75, 3.05) is 0 Å². The first-order valence-electron chi connectivity index (χ1n) is 15.3. The molecule has 0 aromatic heterocycles. The number of hydrogen-bond donors (Lipinski definition) is 0. The van der Waals surface area contributed by atoms with Gasteiger partial charge in [-0.05, 0) is 17.9 Å². The van der Waals surface area contributed by atoms with Gasteiger partial charge in [-0.1, -0.05) is 157 Å². The number of benzene rings is 5. The predicted octanol–water partition coefficient (Wildman–Crippen LogP) is 6.82. The minimum absolute atomic E-state index is 0.0237. The fourth-order valence-corrected chi connectivity index (χ4v) is 16.9. The molecule has 6 heteroatoms. The predicted molar refractivity (Wildman–Crippen MR) is 180 cm³/mol. The first-order valence-corrected chi connectivity index (χ1v) is 18.9. The summed E-state index contributed by atoms with van der Waals surface area (Å²) in [5, 5.41) is 7.93. The van der Waals surface area contributed by atoms with Crippen molar-refractivity contribution < 1.29 is 14.0 Å². The van der Waals surface area contributed by atoms with E-state index >= 15 is 9.13 Å². The summed E-state index contributed by atoms with van der Waals surface area (Å²) in [5.74, 6) is -0.125. The molecule has 2 fully saturated rings. The molecule has 0 N–H and O–H groups in total. The average Bonchev–Trinajstić information content (AvgIpc) is 3.82. The van der Waals surface area contributed by atoms with Crippen molar-refractivity contribution in [1.82, 2.24) is 0 Å². The van der Waals surface area contributed by atoms with Crippen molar-refractivity contribution >= 4 is 41.2 Å². The van der Waals surface area contributed by atoms with E-state index < -0.39 is 19.9 Å². The van der Waals surface area contributed by atoms with Gasteiger partial charge in [-0.2, -0.15) is 0 Å². The van der Waals surface area contributed by atoms with E-state index in [4.69, 9.17) is 9.99 Å². The maximum absolute atomic E-state index is 16.4. The maximum atomic E-state index is 16.4. The van der Waals surface area contributed by atoms with E-state index in [0.717, 1.165) is 38.9 Å². The molecule has 2 aliphatic carbocycles. The van der Waals surface area contributed by atoms with Crippen LogP contribution in [0.5, 0.6) is 0 Å². The zero-order valence-corrected chi connectivity index (χ0v) is 26.0. The quantitative estimate of drug-likeness (QED) is 0.189. The van der Waals surface area contributed by atoms with Crippen LogP contribution in [0.15, 0.2) is 157 Å². The summed E-state index contributed by atoms with van der Waals surface area (Å²) in [6.45, 7) is 0. The van der Waals surface area contributed by atoms with E-state index in [9.17, 15) is 0 Å². The van der Waals surface area contributed by atoms with Gasteiger partial charge in [0.05, 0.1) is 5.71 Å². The highest BCUT2D eigenvalue weighted by Crippen LogP contribution is 2.73. The van der Waals surface area contributed by atoms with Gasteiger partial charge in [0.15, 0.2) is 0 Å². The zero-order valence-electron chi connectivity index (χ0n) is 24.2. The number of rotatable bonds is 7. The molecule has 6 atom stereocenters. The van der Waals surface area contributed by atoms with Gasteiger partial charge in [0, 0.05) is 44.4 Å². The molecule has 218 valence electrons. The smallest absolute Gasteiger partial charge is 0.147 e. The molecule has 0 radical (unpaired) electrons. The van der Waals surface area contributed by atoms with E-state index in [0.29, 0.717) is 0 Å². The Kier molecular flexibility index (Phi) is 6.82. The van der Waals surface area contributed by atoms with Crippen LogP contribution in [0.25, 0.3) is 0 Å². The van der Waals surface area contributed by atoms with Crippen LogP contribution >= 0.6 is 14.3 Å². The summed E-state index contributed by atoms with van der Waals surface area (Å²) in [6, 6.07) is 49.8. The van der Waals surface area contributed by atoms with Gasteiger partial charge in [0.2, 0.25) is 0 Å². The first kappa shape index (κ1) is 27.6. The summed E-state index contributed by atoms with van der Waals surface area (Å²) >= 11 is 0. The molecule has 5 aromatic carbocycles. The van der Waals surface area contributed by atoms with Crippen LogP contribution in [0, 0.1) is 17.8 Å². The third-order valence-corrected chi connectivity index (χ3v) is 17.6. The van der Waals surface area contributed by atoms with Crippen molar-refractivity contribution in [2.45, 2.75) is 23.8 Å². The van der Waals surface area contributed by atoms with Gasteiger partial charge in [-0.25, -0.2) is 0 Å². The van der Waals surface area contributed by atoms with Crippen LogP contribution in [0.3, 0.4) is 0 Å². The third-order valence-electron chi connectivity index (χ3n) is 10.1. The Morgan fingerprint density at radius 1 is 0.500 bits per heavy atom. The van der Waals surface area contributed by atoms with Gasteiger partial charge < -0.3 is 14.0 Å². The van der Waals surface area contributed by atoms with Gasteiger partial charge in [-0.3, -0.25) is 0 Å². The Hall–Kier alpha value is -3.97. The Morgan fingerprint density at radius 3 is 1.27 bits per heavy atom. The molecule has 1 heterocycles. The lowest BCUT2D eigenvalue weighted by atomic mass is 9.80. The van der Waals surface area contributed by atoms with Crippen molar-refractivity contribution in [3.05, 3.63) is 157 Å². The van der Waals surface area contributed by atoms with E-state index in [2.05, 4.69) is 12.1 Å². The Morgan fingerprint density at radius 2 is 0.864 bits per heavy atom. The van der Waals surface area contributed by atoms with Crippen LogP contribution in [0.1, 0.15) is 12.0 Å². The molecular weight excluding hydrogens is 580 g/mol. The lowest BCUT2D eigenvalue weighted by molar-refractivity contribution is 0.0293. The number of oxime groups is 1. The molecular formula is C38H33NO3P2. The standard InChI is InChI=1S/C38H33NO3P2/c40-43(28-18-8-2-9-19-28,29-20-10-3-11-21-29)37-32-26-33(36-34(32)35(39-42-36)27-16-6-1-7-17-27)38(37)44(41,30-22-12-4-13-23-30)31-24-14-5-15-25-31/h1-25,32-34,36-38H,26H2/t32-,33+,34-,36+,37-,38-/m0/s1. The second-order valence-corrected chi connectivity index (χ2v) is 18.0. The van der Waals surface area contributed by atoms with Crippen LogP contribution < -0.4 is 21.2 Å². The second-order valence-electron chi connectivity index (χ2n) is 12.1. The molecule has 5 aromatic rings. The minimum atomic E-state index is -3.36. The largest absolute Gasteiger partial charge is 0.391 e. The van der Waals surface area contributed by atoms with Gasteiger partial charge in [0.25, 0.3) is 0 Å². The molecule has 4 nitrogen and oxygen atoms in total. The fourth-order valence-electron chi connectivity index (χ4n) is 8.39. The topological polar surface area (TPSA) is 55.7 Å². The second kappa shape index (κ2) is 10.9. The van der Waals surface area contributed by atoms with E-state index in [-0.39, 0.29) is 29.5 Å². The van der Waals surface area contributed by atoms with E-state index in [1.807, 2.05) is 140 Å². The molecule has 1 aliphatic heterocycles. The summed E-state index contributed by atoms with van der Waals surface area (Å²) in [7, 11) is -6.71. The Bertz CT molecular complexity index is 1810. The summed E-state index contributed by atoms with van der Waals surface area (Å²) in [5.41, 5.74) is 1.19. The highest BCUT2D eigenvalue weighted by atomic mass is 31.2. The number of hydrogen-bond acceptors (Lipinski definition) is 4. The number of nitrogens with zero attached hydrogens (tertiary/aromatic N) is 1. The van der Waals surface area contributed by atoms with Crippen LogP contribution in [-0.2, 0) is 14.0 Å². The SMILES string of the molecule is O=P(c1ccccc1)(c1ccccc1)[C@H]1[C@@H]2C[C@@H]([C@H]3C(c4ccccc4)=NO[C@H]23)[C@@H]1P(=O)(c1ccccc1)c1ccccc1. The van der Waals surface area contributed by atoms with Crippen LogP contribution in [0.2, 0.25) is 0 Å². The molecule has 0 unspecified atom stereocenters. The van der Waals surface area contributed by atoms with E-state index in [1.54, 1.807) is 0 Å². The first-order chi connectivity index (χ1) is 21.6. The van der Waals surface area contributed by atoms with Crippen molar-refractivity contribution in [3.63, 3.8) is 0 Å². The third kappa shape index (κ3) is 4.08. The van der Waals surface area contributed by atoms with Crippen molar-refractivity contribution in [2.24, 2.45) is 22.9 Å². The van der Waals surface area contributed by atoms with Crippen molar-refractivity contribution in [3.8, 4) is 0 Å². The maximum Gasteiger partial charge on any atom is 0.147 e. The van der Waals surface area contributed by atoms with Gasteiger partial charge >= 0.3 is 0 Å².